The second-order valence-electron chi connectivity index (χ2n) is 6.66. The minimum atomic E-state index is 0.472. The summed E-state index contributed by atoms with van der Waals surface area (Å²) >= 11 is 0. The lowest BCUT2D eigenvalue weighted by Gasteiger charge is -2.49. The molecule has 1 rings (SSSR count). The largest absolute Gasteiger partial charge is 0.316 e. The van der Waals surface area contributed by atoms with E-state index in [4.69, 9.17) is 0 Å². The standard InChI is InChI=1S/C15H33N3/c1-14(2)12-16-10-7-11-18(5)13-15(17(3)4)8-6-9-15/h14,16H,6-13H2,1-5H3. The van der Waals surface area contributed by atoms with E-state index >= 15 is 0 Å². The van der Waals surface area contributed by atoms with Crippen molar-refractivity contribution in [1.29, 1.82) is 0 Å². The molecule has 1 aliphatic carbocycles. The first kappa shape index (κ1) is 15.9. The Morgan fingerprint density at radius 1 is 1.17 bits per heavy atom. The summed E-state index contributed by atoms with van der Waals surface area (Å²) in [6, 6.07) is 0. The van der Waals surface area contributed by atoms with Gasteiger partial charge in [-0.1, -0.05) is 13.8 Å². The summed E-state index contributed by atoms with van der Waals surface area (Å²) in [5.74, 6) is 0.759. The molecule has 1 N–H and O–H groups in total. The van der Waals surface area contributed by atoms with Gasteiger partial charge in [-0.2, -0.15) is 0 Å². The van der Waals surface area contributed by atoms with Crippen LogP contribution in [0.1, 0.15) is 39.5 Å². The SMILES string of the molecule is CC(C)CNCCCN(C)CC1(N(C)C)CCC1. The van der Waals surface area contributed by atoms with Crippen molar-refractivity contribution in [2.24, 2.45) is 5.92 Å². The van der Waals surface area contributed by atoms with Gasteiger partial charge in [0.1, 0.15) is 0 Å². The van der Waals surface area contributed by atoms with E-state index in [1.54, 1.807) is 0 Å². The lowest BCUT2D eigenvalue weighted by Crippen LogP contribution is -2.56. The van der Waals surface area contributed by atoms with Gasteiger partial charge in [0.2, 0.25) is 0 Å². The maximum Gasteiger partial charge on any atom is 0.0330 e. The Hall–Kier alpha value is -0.120. The average molecular weight is 255 g/mol. The van der Waals surface area contributed by atoms with Crippen LogP contribution in [0.3, 0.4) is 0 Å². The Balaban J connectivity index is 2.11. The zero-order valence-electron chi connectivity index (χ0n) is 13.1. The van der Waals surface area contributed by atoms with Gasteiger partial charge in [-0.15, -0.1) is 0 Å². The molecule has 0 aliphatic heterocycles. The molecule has 0 saturated heterocycles. The summed E-state index contributed by atoms with van der Waals surface area (Å²) in [6.07, 6.45) is 5.40. The van der Waals surface area contributed by atoms with Crippen LogP contribution in [0, 0.1) is 5.92 Å². The van der Waals surface area contributed by atoms with Crippen LogP contribution in [0.4, 0.5) is 0 Å². The Kier molecular flexibility index (Phi) is 6.61. The van der Waals surface area contributed by atoms with Crippen molar-refractivity contribution in [3.8, 4) is 0 Å². The molecule has 18 heavy (non-hydrogen) atoms. The molecule has 0 aromatic carbocycles. The highest BCUT2D eigenvalue weighted by Crippen LogP contribution is 2.36. The second-order valence-corrected chi connectivity index (χ2v) is 6.66. The summed E-state index contributed by atoms with van der Waals surface area (Å²) in [5, 5.41) is 3.52. The van der Waals surface area contributed by atoms with Crippen molar-refractivity contribution in [2.45, 2.75) is 45.1 Å². The lowest BCUT2D eigenvalue weighted by molar-refractivity contribution is 0.0277. The third-order valence-corrected chi connectivity index (χ3v) is 4.24. The molecule has 3 nitrogen and oxygen atoms in total. The number of nitrogens with zero attached hydrogens (tertiary/aromatic N) is 2. The van der Waals surface area contributed by atoms with Gasteiger partial charge in [0, 0.05) is 12.1 Å². The first-order valence-corrected chi connectivity index (χ1v) is 7.53. The molecule has 0 aromatic heterocycles. The van der Waals surface area contributed by atoms with Crippen molar-refractivity contribution >= 4 is 0 Å². The van der Waals surface area contributed by atoms with Gasteiger partial charge in [0.05, 0.1) is 0 Å². The molecular formula is C15H33N3. The number of rotatable bonds is 9. The maximum atomic E-state index is 3.52. The Morgan fingerprint density at radius 3 is 2.28 bits per heavy atom. The van der Waals surface area contributed by atoms with Crippen LogP contribution in [0.15, 0.2) is 0 Å². The lowest BCUT2D eigenvalue weighted by atomic mass is 9.75. The fourth-order valence-electron chi connectivity index (χ4n) is 2.78. The summed E-state index contributed by atoms with van der Waals surface area (Å²) in [5.41, 5.74) is 0.472. The first-order valence-electron chi connectivity index (χ1n) is 7.53. The number of likely N-dealkylation sites (N-methyl/N-ethyl adjacent to an activating group) is 2. The average Bonchev–Trinajstić information content (AvgIpc) is 2.22. The molecule has 0 aromatic rings. The number of nitrogens with one attached hydrogen (secondary N) is 1. The monoisotopic (exact) mass is 255 g/mol. The van der Waals surface area contributed by atoms with E-state index in [0.29, 0.717) is 5.54 Å². The van der Waals surface area contributed by atoms with E-state index in [1.165, 1.54) is 38.8 Å². The number of hydrogen-bond donors (Lipinski definition) is 1. The summed E-state index contributed by atoms with van der Waals surface area (Å²) < 4.78 is 0. The summed E-state index contributed by atoms with van der Waals surface area (Å²) in [7, 11) is 6.74. The number of hydrogen-bond acceptors (Lipinski definition) is 3. The van der Waals surface area contributed by atoms with Crippen molar-refractivity contribution in [3.05, 3.63) is 0 Å². The van der Waals surface area contributed by atoms with Crippen LogP contribution in [0.25, 0.3) is 0 Å². The van der Waals surface area contributed by atoms with Gasteiger partial charge in [-0.25, -0.2) is 0 Å². The second kappa shape index (κ2) is 7.46. The van der Waals surface area contributed by atoms with Crippen LogP contribution in [-0.2, 0) is 0 Å². The molecule has 0 radical (unpaired) electrons. The van der Waals surface area contributed by atoms with Crippen LogP contribution in [0.2, 0.25) is 0 Å². The van der Waals surface area contributed by atoms with Gasteiger partial charge in [0.15, 0.2) is 0 Å². The third-order valence-electron chi connectivity index (χ3n) is 4.24. The van der Waals surface area contributed by atoms with Crippen LogP contribution < -0.4 is 5.32 Å². The highest BCUT2D eigenvalue weighted by molar-refractivity contribution is 4.97. The Bertz CT molecular complexity index is 222. The van der Waals surface area contributed by atoms with E-state index < -0.39 is 0 Å². The van der Waals surface area contributed by atoms with Crippen molar-refractivity contribution in [3.63, 3.8) is 0 Å². The predicted octanol–water partition coefficient (Wildman–Crippen LogP) is 2.04. The summed E-state index contributed by atoms with van der Waals surface area (Å²) in [6.45, 7) is 9.25. The van der Waals surface area contributed by atoms with Crippen LogP contribution in [-0.4, -0.2) is 62.7 Å². The molecular weight excluding hydrogens is 222 g/mol. The van der Waals surface area contributed by atoms with E-state index in [9.17, 15) is 0 Å². The molecule has 0 atom stereocenters. The molecule has 0 bridgehead atoms. The Labute approximate surface area is 114 Å². The van der Waals surface area contributed by atoms with E-state index in [1.807, 2.05) is 0 Å². The van der Waals surface area contributed by atoms with Gasteiger partial charge < -0.3 is 15.1 Å². The molecule has 0 heterocycles. The normalized spacial score (nSPS) is 18.7. The Morgan fingerprint density at radius 2 is 1.83 bits per heavy atom. The highest BCUT2D eigenvalue weighted by atomic mass is 15.2. The minimum absolute atomic E-state index is 0.472. The van der Waals surface area contributed by atoms with Crippen molar-refractivity contribution in [2.75, 3.05) is 47.3 Å². The van der Waals surface area contributed by atoms with Gasteiger partial charge in [-0.3, -0.25) is 0 Å². The molecule has 108 valence electrons. The van der Waals surface area contributed by atoms with Crippen LogP contribution in [0.5, 0.6) is 0 Å². The molecule has 1 saturated carbocycles. The fourth-order valence-corrected chi connectivity index (χ4v) is 2.78. The quantitative estimate of drug-likeness (QED) is 0.636. The predicted molar refractivity (Wildman–Crippen MR) is 80.1 cm³/mol. The van der Waals surface area contributed by atoms with Crippen molar-refractivity contribution in [1.82, 2.24) is 15.1 Å². The summed E-state index contributed by atoms with van der Waals surface area (Å²) in [4.78, 5) is 4.94. The van der Waals surface area contributed by atoms with Gasteiger partial charge in [-0.05, 0) is 72.4 Å². The fraction of sp³-hybridized carbons (Fsp3) is 1.00. The minimum Gasteiger partial charge on any atom is -0.316 e. The van der Waals surface area contributed by atoms with Crippen molar-refractivity contribution < 1.29 is 0 Å². The van der Waals surface area contributed by atoms with E-state index in [2.05, 4.69) is 50.1 Å². The molecule has 0 amide bonds. The van der Waals surface area contributed by atoms with Gasteiger partial charge in [0.25, 0.3) is 0 Å². The highest BCUT2D eigenvalue weighted by Gasteiger charge is 2.39. The zero-order valence-corrected chi connectivity index (χ0v) is 13.1. The van der Waals surface area contributed by atoms with Crippen LogP contribution >= 0.6 is 0 Å². The molecule has 1 aliphatic rings. The first-order chi connectivity index (χ1) is 8.46. The molecule has 3 heteroatoms. The van der Waals surface area contributed by atoms with E-state index in [-0.39, 0.29) is 0 Å². The van der Waals surface area contributed by atoms with E-state index in [0.717, 1.165) is 19.0 Å². The molecule has 0 spiro atoms. The van der Waals surface area contributed by atoms with Gasteiger partial charge >= 0.3 is 0 Å². The third kappa shape index (κ3) is 4.87. The smallest absolute Gasteiger partial charge is 0.0330 e. The maximum absolute atomic E-state index is 3.52. The molecule has 1 fully saturated rings. The zero-order chi connectivity index (χ0) is 13.6. The topological polar surface area (TPSA) is 18.5 Å². The molecule has 0 unspecified atom stereocenters.